The zero-order chi connectivity index (χ0) is 22.9. The molecule has 0 bridgehead atoms. The first kappa shape index (κ1) is 21.3. The molecule has 1 aliphatic rings. The van der Waals surface area contributed by atoms with Crippen LogP contribution < -0.4 is 4.90 Å². The fourth-order valence-corrected chi connectivity index (χ4v) is 4.40. The van der Waals surface area contributed by atoms with Crippen LogP contribution in [0.5, 0.6) is 0 Å². The maximum absolute atomic E-state index is 13.1. The molecule has 0 N–H and O–H groups in total. The molecule has 1 aromatic carbocycles. The average molecular weight is 465 g/mol. The monoisotopic (exact) mass is 464 g/mol. The largest absolute Gasteiger partial charge is 0.339 e. The van der Waals surface area contributed by atoms with E-state index in [1.54, 1.807) is 9.20 Å². The molecule has 0 saturated carbocycles. The normalized spacial score (nSPS) is 14.3. The van der Waals surface area contributed by atoms with Crippen molar-refractivity contribution in [2.45, 2.75) is 25.4 Å². The molecule has 11 nitrogen and oxygen atoms in total. The Hall–Kier alpha value is -3.54. The smallest absolute Gasteiger partial charge is 0.253 e. The lowest BCUT2D eigenvalue weighted by Gasteiger charge is -2.35. The second-order valence-electron chi connectivity index (χ2n) is 7.84. The third-order valence-electron chi connectivity index (χ3n) is 5.91. The number of rotatable bonds is 5. The number of aromatic nitrogens is 8. The number of tetrazole rings is 1. The van der Waals surface area contributed by atoms with Gasteiger partial charge in [-0.05, 0) is 42.7 Å². The van der Waals surface area contributed by atoms with Gasteiger partial charge in [-0.2, -0.15) is 9.67 Å². The molecule has 4 heterocycles. The van der Waals surface area contributed by atoms with Crippen molar-refractivity contribution in [1.29, 1.82) is 0 Å². The first-order valence-corrected chi connectivity index (χ1v) is 11.9. The Morgan fingerprint density at radius 1 is 1.06 bits per heavy atom. The number of hydrogen-bond donors (Lipinski definition) is 0. The second-order valence-corrected chi connectivity index (χ2v) is 8.62. The highest BCUT2D eigenvalue weighted by Gasteiger charge is 2.26. The van der Waals surface area contributed by atoms with Crippen LogP contribution in [0.4, 0.5) is 5.95 Å². The van der Waals surface area contributed by atoms with Crippen molar-refractivity contribution >= 4 is 29.4 Å². The van der Waals surface area contributed by atoms with Crippen LogP contribution in [-0.4, -0.2) is 83.0 Å². The zero-order valence-electron chi connectivity index (χ0n) is 18.7. The van der Waals surface area contributed by atoms with E-state index in [1.165, 1.54) is 11.8 Å². The van der Waals surface area contributed by atoms with Gasteiger partial charge in [0.25, 0.3) is 5.78 Å². The van der Waals surface area contributed by atoms with Crippen molar-refractivity contribution in [3.63, 3.8) is 0 Å². The highest BCUT2D eigenvalue weighted by molar-refractivity contribution is 7.98. The average Bonchev–Trinajstić information content (AvgIpc) is 3.50. The Labute approximate surface area is 194 Å². The van der Waals surface area contributed by atoms with E-state index in [9.17, 15) is 4.79 Å². The van der Waals surface area contributed by atoms with E-state index in [-0.39, 0.29) is 12.3 Å². The van der Waals surface area contributed by atoms with Crippen LogP contribution in [0.15, 0.2) is 35.5 Å². The number of hydrogen-bond acceptors (Lipinski definition) is 9. The third-order valence-corrected chi connectivity index (χ3v) is 6.45. The van der Waals surface area contributed by atoms with Crippen LogP contribution in [0.2, 0.25) is 0 Å². The van der Waals surface area contributed by atoms with Gasteiger partial charge in [0.2, 0.25) is 17.0 Å². The summed E-state index contributed by atoms with van der Waals surface area (Å²) < 4.78 is 3.45. The molecule has 0 atom stereocenters. The predicted molar refractivity (Wildman–Crippen MR) is 124 cm³/mol. The van der Waals surface area contributed by atoms with Crippen molar-refractivity contribution in [2.24, 2.45) is 0 Å². The fraction of sp³-hybridized carbons (Fsp3) is 0.381. The summed E-state index contributed by atoms with van der Waals surface area (Å²) in [5.41, 5.74) is 3.52. The van der Waals surface area contributed by atoms with Gasteiger partial charge in [-0.15, -0.1) is 5.10 Å². The Bertz CT molecular complexity index is 1290. The van der Waals surface area contributed by atoms with E-state index in [0.29, 0.717) is 43.1 Å². The summed E-state index contributed by atoms with van der Waals surface area (Å²) in [6.07, 6.45) is 2.22. The van der Waals surface area contributed by atoms with Crippen LogP contribution in [0, 0.1) is 13.8 Å². The van der Waals surface area contributed by atoms with Crippen LogP contribution in [0.3, 0.4) is 0 Å². The van der Waals surface area contributed by atoms with Gasteiger partial charge in [-0.1, -0.05) is 35.1 Å². The standard InChI is InChI=1S/C21H24N10OS/c1-14-17(15(2)30-19(22-14)23-20(25-30)33-3)13-18(32)28-9-11-29(12-10-28)21-24-26-27-31(21)16-7-5-4-6-8-16/h4-8H,9-13H2,1-3H3. The minimum Gasteiger partial charge on any atom is -0.339 e. The van der Waals surface area contributed by atoms with Crippen LogP contribution in [-0.2, 0) is 11.2 Å². The molecule has 0 spiro atoms. The molecule has 1 saturated heterocycles. The van der Waals surface area contributed by atoms with Gasteiger partial charge < -0.3 is 9.80 Å². The fourth-order valence-electron chi connectivity index (χ4n) is 4.07. The molecular formula is C21H24N10OS. The maximum atomic E-state index is 13.1. The molecule has 4 aromatic rings. The summed E-state index contributed by atoms with van der Waals surface area (Å²) in [6.45, 7) is 6.42. The Balaban J connectivity index is 1.28. The molecule has 1 aliphatic heterocycles. The Morgan fingerprint density at radius 3 is 2.55 bits per heavy atom. The van der Waals surface area contributed by atoms with Gasteiger partial charge in [0.1, 0.15) is 0 Å². The minimum absolute atomic E-state index is 0.0786. The van der Waals surface area contributed by atoms with E-state index in [1.807, 2.05) is 55.3 Å². The number of fused-ring (bicyclic) bond motifs is 1. The molecule has 0 unspecified atom stereocenters. The van der Waals surface area contributed by atoms with E-state index in [0.717, 1.165) is 22.6 Å². The summed E-state index contributed by atoms with van der Waals surface area (Å²) >= 11 is 1.47. The summed E-state index contributed by atoms with van der Waals surface area (Å²) in [5, 5.41) is 17.3. The van der Waals surface area contributed by atoms with Gasteiger partial charge in [0, 0.05) is 43.1 Å². The molecule has 0 radical (unpaired) electrons. The molecular weight excluding hydrogens is 440 g/mol. The molecule has 3 aromatic heterocycles. The molecule has 33 heavy (non-hydrogen) atoms. The lowest BCUT2D eigenvalue weighted by atomic mass is 10.1. The first-order valence-electron chi connectivity index (χ1n) is 10.7. The number of nitrogens with zero attached hydrogens (tertiary/aromatic N) is 10. The van der Waals surface area contributed by atoms with Crippen LogP contribution in [0.25, 0.3) is 11.5 Å². The second kappa shape index (κ2) is 8.77. The molecule has 1 fully saturated rings. The third kappa shape index (κ3) is 4.01. The minimum atomic E-state index is 0.0786. The summed E-state index contributed by atoms with van der Waals surface area (Å²) in [4.78, 5) is 26.1. The summed E-state index contributed by atoms with van der Waals surface area (Å²) in [5.74, 6) is 1.33. The number of amides is 1. The summed E-state index contributed by atoms with van der Waals surface area (Å²) in [6, 6.07) is 9.79. The number of para-hydroxylation sites is 1. The quantitative estimate of drug-likeness (QED) is 0.404. The van der Waals surface area contributed by atoms with Gasteiger partial charge in [0.05, 0.1) is 12.1 Å². The molecule has 1 amide bonds. The van der Waals surface area contributed by atoms with Gasteiger partial charge in [0.15, 0.2) is 0 Å². The van der Waals surface area contributed by atoms with Gasteiger partial charge in [-0.25, -0.2) is 9.50 Å². The summed E-state index contributed by atoms with van der Waals surface area (Å²) in [7, 11) is 0. The van der Waals surface area contributed by atoms with Crippen LogP contribution in [0.1, 0.15) is 17.0 Å². The molecule has 12 heteroatoms. The number of piperazine rings is 1. The zero-order valence-corrected chi connectivity index (χ0v) is 19.5. The number of aryl methyl sites for hydroxylation is 2. The molecule has 5 rings (SSSR count). The van der Waals surface area contributed by atoms with E-state index in [4.69, 9.17) is 0 Å². The van der Waals surface area contributed by atoms with Gasteiger partial charge in [-0.3, -0.25) is 4.79 Å². The van der Waals surface area contributed by atoms with E-state index < -0.39 is 0 Å². The van der Waals surface area contributed by atoms with Gasteiger partial charge >= 0.3 is 0 Å². The van der Waals surface area contributed by atoms with Crippen molar-refractivity contribution in [2.75, 3.05) is 37.3 Å². The lowest BCUT2D eigenvalue weighted by Crippen LogP contribution is -2.50. The number of thioether (sulfide) groups is 1. The first-order chi connectivity index (χ1) is 16.0. The van der Waals surface area contributed by atoms with Crippen molar-refractivity contribution in [3.05, 3.63) is 47.3 Å². The van der Waals surface area contributed by atoms with Crippen molar-refractivity contribution in [3.8, 4) is 5.69 Å². The lowest BCUT2D eigenvalue weighted by molar-refractivity contribution is -0.130. The number of carbonyl (C=O) groups excluding carboxylic acids is 1. The predicted octanol–water partition coefficient (Wildman–Crippen LogP) is 1.33. The van der Waals surface area contributed by atoms with E-state index in [2.05, 4.69) is 35.5 Å². The molecule has 0 aliphatic carbocycles. The highest BCUT2D eigenvalue weighted by Crippen LogP contribution is 2.20. The highest BCUT2D eigenvalue weighted by atomic mass is 32.2. The Kier molecular flexibility index (Phi) is 5.67. The molecule has 170 valence electrons. The van der Waals surface area contributed by atoms with Crippen molar-refractivity contribution < 1.29 is 4.79 Å². The Morgan fingerprint density at radius 2 is 1.82 bits per heavy atom. The SMILES string of the molecule is CSc1nc2nc(C)c(CC(=O)N3CCN(c4nnnn4-c4ccccc4)CC3)c(C)n2n1. The number of anilines is 1. The van der Waals surface area contributed by atoms with E-state index >= 15 is 0 Å². The van der Waals surface area contributed by atoms with Crippen molar-refractivity contribution in [1.82, 2.24) is 44.7 Å². The topological polar surface area (TPSA) is 110 Å². The number of benzene rings is 1. The number of carbonyl (C=O) groups is 1. The maximum Gasteiger partial charge on any atom is 0.253 e. The van der Waals surface area contributed by atoms with Crippen LogP contribution >= 0.6 is 11.8 Å².